The fourth-order valence-electron chi connectivity index (χ4n) is 2.56. The number of cyclic esters (lactones) is 1. The number of hydrogen-bond acceptors (Lipinski definition) is 4. The predicted molar refractivity (Wildman–Crippen MR) is 100 cm³/mol. The van der Waals surface area contributed by atoms with Crippen molar-refractivity contribution in [2.45, 2.75) is 0 Å². The molecule has 26 heavy (non-hydrogen) atoms. The highest BCUT2D eigenvalue weighted by atomic mass is 16.6. The van der Waals surface area contributed by atoms with Crippen LogP contribution >= 0.6 is 0 Å². The smallest absolute Gasteiger partial charge is 0.363 e. The summed E-state index contributed by atoms with van der Waals surface area (Å²) in [5.74, 6) is 1.29. The Hall–Kier alpha value is -3.66. The minimum atomic E-state index is -0.460. The second-order valence-corrected chi connectivity index (χ2v) is 5.69. The average molecular weight is 341 g/mol. The first kappa shape index (κ1) is 15.8. The van der Waals surface area contributed by atoms with Crippen LogP contribution < -0.4 is 4.74 Å². The van der Waals surface area contributed by atoms with Gasteiger partial charge in [0.1, 0.15) is 11.5 Å². The number of rotatable bonds is 4. The maximum atomic E-state index is 12.1. The lowest BCUT2D eigenvalue weighted by Crippen LogP contribution is -2.04. The van der Waals surface area contributed by atoms with Gasteiger partial charge in [0.25, 0.3) is 0 Å². The third-order valence-electron chi connectivity index (χ3n) is 3.78. The van der Waals surface area contributed by atoms with Crippen molar-refractivity contribution >= 4 is 17.9 Å². The quantitative estimate of drug-likeness (QED) is 0.505. The number of esters is 1. The zero-order chi connectivity index (χ0) is 17.8. The molecule has 126 valence electrons. The van der Waals surface area contributed by atoms with E-state index in [9.17, 15) is 4.79 Å². The van der Waals surface area contributed by atoms with Crippen LogP contribution in [0.15, 0.2) is 95.6 Å². The summed E-state index contributed by atoms with van der Waals surface area (Å²) in [6.45, 7) is 0. The second kappa shape index (κ2) is 7.07. The van der Waals surface area contributed by atoms with E-state index in [1.165, 1.54) is 0 Å². The molecule has 4 rings (SSSR count). The lowest BCUT2D eigenvalue weighted by molar-refractivity contribution is -0.129. The van der Waals surface area contributed by atoms with Crippen LogP contribution in [0.2, 0.25) is 0 Å². The Bertz CT molecular complexity index is 992. The van der Waals surface area contributed by atoms with E-state index in [-0.39, 0.29) is 5.70 Å². The van der Waals surface area contributed by atoms with Gasteiger partial charge in [0.05, 0.1) is 0 Å². The number of ether oxygens (including phenoxy) is 2. The van der Waals surface area contributed by atoms with Crippen LogP contribution in [0.3, 0.4) is 0 Å². The van der Waals surface area contributed by atoms with Gasteiger partial charge in [0, 0.05) is 5.56 Å². The van der Waals surface area contributed by atoms with Crippen LogP contribution in [-0.2, 0) is 9.53 Å². The van der Waals surface area contributed by atoms with Crippen LogP contribution in [-0.4, -0.2) is 11.9 Å². The molecule has 1 aliphatic heterocycles. The molecule has 1 aliphatic rings. The van der Waals surface area contributed by atoms with E-state index in [2.05, 4.69) is 4.99 Å². The van der Waals surface area contributed by atoms with Gasteiger partial charge in [-0.15, -0.1) is 0 Å². The monoisotopic (exact) mass is 341 g/mol. The number of carbonyl (C=O) groups is 1. The van der Waals surface area contributed by atoms with Crippen molar-refractivity contribution in [3.63, 3.8) is 0 Å². The van der Waals surface area contributed by atoms with Crippen molar-refractivity contribution in [1.82, 2.24) is 0 Å². The molecule has 0 radical (unpaired) electrons. The third-order valence-corrected chi connectivity index (χ3v) is 3.78. The molecule has 0 aliphatic carbocycles. The molecular formula is C22H15NO3. The maximum Gasteiger partial charge on any atom is 0.363 e. The molecule has 0 saturated heterocycles. The first-order valence-electron chi connectivity index (χ1n) is 8.19. The average Bonchev–Trinajstić information content (AvgIpc) is 3.04. The molecule has 4 nitrogen and oxygen atoms in total. The van der Waals surface area contributed by atoms with Crippen molar-refractivity contribution in [1.29, 1.82) is 0 Å². The molecule has 3 aromatic rings. The Morgan fingerprint density at radius 2 is 1.50 bits per heavy atom. The molecular weight excluding hydrogens is 326 g/mol. The van der Waals surface area contributed by atoms with E-state index >= 15 is 0 Å². The fourth-order valence-corrected chi connectivity index (χ4v) is 2.56. The summed E-state index contributed by atoms with van der Waals surface area (Å²) in [5, 5.41) is 0. The van der Waals surface area contributed by atoms with E-state index < -0.39 is 5.97 Å². The van der Waals surface area contributed by atoms with Crippen LogP contribution in [0.5, 0.6) is 11.5 Å². The summed E-state index contributed by atoms with van der Waals surface area (Å²) in [5.41, 5.74) is 1.84. The molecule has 0 unspecified atom stereocenters. The molecule has 4 heteroatoms. The zero-order valence-electron chi connectivity index (χ0n) is 13.8. The summed E-state index contributed by atoms with van der Waals surface area (Å²) in [6, 6.07) is 26.3. The third kappa shape index (κ3) is 3.54. The van der Waals surface area contributed by atoms with Gasteiger partial charge >= 0.3 is 5.97 Å². The SMILES string of the molecule is O=C1OC(c2ccccc2)=N/C1=C\c1cccc(Oc2ccccc2)c1. The molecule has 0 N–H and O–H groups in total. The van der Waals surface area contributed by atoms with Crippen molar-refractivity contribution in [3.8, 4) is 11.5 Å². The molecule has 1 heterocycles. The molecule has 0 saturated carbocycles. The van der Waals surface area contributed by atoms with Crippen molar-refractivity contribution < 1.29 is 14.3 Å². The van der Waals surface area contributed by atoms with Gasteiger partial charge in [-0.05, 0) is 48.0 Å². The molecule has 0 bridgehead atoms. The van der Waals surface area contributed by atoms with Gasteiger partial charge in [-0.3, -0.25) is 0 Å². The number of benzene rings is 3. The first-order chi connectivity index (χ1) is 12.8. The van der Waals surface area contributed by atoms with Gasteiger partial charge in [-0.25, -0.2) is 9.79 Å². The van der Waals surface area contributed by atoms with Gasteiger partial charge in [-0.1, -0.05) is 48.5 Å². The topological polar surface area (TPSA) is 47.9 Å². The lowest BCUT2D eigenvalue weighted by Gasteiger charge is -2.05. The number of carbonyl (C=O) groups excluding carboxylic acids is 1. The Morgan fingerprint density at radius 1 is 0.808 bits per heavy atom. The molecule has 0 aromatic heterocycles. The number of aliphatic imine (C=N–C) groups is 1. The Labute approximate surface area is 151 Å². The predicted octanol–water partition coefficient (Wildman–Crippen LogP) is 4.82. The van der Waals surface area contributed by atoms with E-state index in [0.717, 1.165) is 16.9 Å². The van der Waals surface area contributed by atoms with E-state index in [1.807, 2.05) is 84.9 Å². The normalized spacial score (nSPS) is 14.8. The van der Waals surface area contributed by atoms with Crippen molar-refractivity contribution in [3.05, 3.63) is 102 Å². The van der Waals surface area contributed by atoms with Crippen LogP contribution in [0, 0.1) is 0 Å². The van der Waals surface area contributed by atoms with Crippen molar-refractivity contribution in [2.24, 2.45) is 4.99 Å². The standard InChI is InChI=1S/C22H15NO3/c24-22-20(23-21(26-22)17-9-3-1-4-10-17)15-16-8-7-13-19(14-16)25-18-11-5-2-6-12-18/h1-15H/b20-15-. The van der Waals surface area contributed by atoms with Crippen molar-refractivity contribution in [2.75, 3.05) is 0 Å². The molecule has 0 spiro atoms. The van der Waals surface area contributed by atoms with E-state index in [0.29, 0.717) is 11.6 Å². The van der Waals surface area contributed by atoms with Gasteiger partial charge < -0.3 is 9.47 Å². The highest BCUT2D eigenvalue weighted by Crippen LogP contribution is 2.24. The fraction of sp³-hybridized carbons (Fsp3) is 0. The summed E-state index contributed by atoms with van der Waals surface area (Å²) >= 11 is 0. The Morgan fingerprint density at radius 3 is 2.27 bits per heavy atom. The van der Waals surface area contributed by atoms with Crippen LogP contribution in [0.4, 0.5) is 0 Å². The minimum Gasteiger partial charge on any atom is -0.457 e. The van der Waals surface area contributed by atoms with E-state index in [1.54, 1.807) is 6.08 Å². The summed E-state index contributed by atoms with van der Waals surface area (Å²) in [6.07, 6.45) is 1.69. The van der Waals surface area contributed by atoms with Gasteiger partial charge in [0.2, 0.25) is 5.90 Å². The molecule has 0 fully saturated rings. The summed E-state index contributed by atoms with van der Waals surface area (Å²) < 4.78 is 11.1. The maximum absolute atomic E-state index is 12.1. The second-order valence-electron chi connectivity index (χ2n) is 5.69. The first-order valence-corrected chi connectivity index (χ1v) is 8.19. The molecule has 3 aromatic carbocycles. The molecule has 0 amide bonds. The highest BCUT2D eigenvalue weighted by Gasteiger charge is 2.23. The summed E-state index contributed by atoms with van der Waals surface area (Å²) in [7, 11) is 0. The Kier molecular flexibility index (Phi) is 4.31. The zero-order valence-corrected chi connectivity index (χ0v) is 13.8. The van der Waals surface area contributed by atoms with E-state index in [4.69, 9.17) is 9.47 Å². The lowest BCUT2D eigenvalue weighted by atomic mass is 10.2. The van der Waals surface area contributed by atoms with Gasteiger partial charge in [-0.2, -0.15) is 0 Å². The summed E-state index contributed by atoms with van der Waals surface area (Å²) in [4.78, 5) is 16.4. The number of para-hydroxylation sites is 1. The minimum absolute atomic E-state index is 0.265. The largest absolute Gasteiger partial charge is 0.457 e. The molecule has 0 atom stereocenters. The van der Waals surface area contributed by atoms with Crippen LogP contribution in [0.1, 0.15) is 11.1 Å². The van der Waals surface area contributed by atoms with Crippen LogP contribution in [0.25, 0.3) is 6.08 Å². The number of hydrogen-bond donors (Lipinski definition) is 0. The number of nitrogens with zero attached hydrogens (tertiary/aromatic N) is 1. The Balaban J connectivity index is 1.59. The highest BCUT2D eigenvalue weighted by molar-refractivity contribution is 6.12. The van der Waals surface area contributed by atoms with Gasteiger partial charge in [0.15, 0.2) is 5.70 Å².